The van der Waals surface area contributed by atoms with Gasteiger partial charge < -0.3 is 20.5 Å². The second-order valence-corrected chi connectivity index (χ2v) is 7.50. The topological polar surface area (TPSA) is 87.7 Å². The average Bonchev–Trinajstić information content (AvgIpc) is 2.89. The van der Waals surface area contributed by atoms with Crippen molar-refractivity contribution < 1.29 is 19.4 Å². The van der Waals surface area contributed by atoms with Crippen LogP contribution in [0.3, 0.4) is 0 Å². The van der Waals surface area contributed by atoms with Gasteiger partial charge in [0.2, 0.25) is 0 Å². The molecule has 1 aromatic rings. The highest BCUT2D eigenvalue weighted by Gasteiger charge is 2.72. The van der Waals surface area contributed by atoms with Crippen molar-refractivity contribution in [2.45, 2.75) is 56.2 Å². The molecule has 0 aromatic heterocycles. The smallest absolute Gasteiger partial charge is 0.315 e. The van der Waals surface area contributed by atoms with E-state index in [4.69, 9.17) is 9.84 Å². The first kappa shape index (κ1) is 15.3. The predicted octanol–water partition coefficient (Wildman–Crippen LogP) is 2.29. The van der Waals surface area contributed by atoms with Crippen molar-refractivity contribution in [1.82, 2.24) is 10.6 Å². The third-order valence-corrected chi connectivity index (χ3v) is 5.66. The number of hydrogen-bond acceptors (Lipinski definition) is 3. The molecule has 4 saturated carbocycles. The van der Waals surface area contributed by atoms with E-state index in [-0.39, 0.29) is 23.7 Å². The molecule has 24 heavy (non-hydrogen) atoms. The van der Waals surface area contributed by atoms with Crippen LogP contribution in [-0.2, 0) is 4.79 Å². The van der Waals surface area contributed by atoms with Gasteiger partial charge in [0.15, 0.2) is 0 Å². The summed E-state index contributed by atoms with van der Waals surface area (Å²) in [6.07, 6.45) is 4.49. The van der Waals surface area contributed by atoms with Gasteiger partial charge in [-0.1, -0.05) is 18.2 Å². The number of ether oxygens (including phenoxy) is 1. The molecular weight excluding hydrogens is 308 g/mol. The minimum Gasteiger partial charge on any atom is -0.488 e. The van der Waals surface area contributed by atoms with E-state index in [1.54, 1.807) is 0 Å². The number of nitrogens with one attached hydrogen (secondary N) is 2. The van der Waals surface area contributed by atoms with Crippen LogP contribution in [0, 0.1) is 5.41 Å². The minimum absolute atomic E-state index is 0.00834. The Kier molecular flexibility index (Phi) is 3.44. The monoisotopic (exact) mass is 330 g/mol. The number of hydrogen-bond donors (Lipinski definition) is 3. The first-order valence-corrected chi connectivity index (χ1v) is 8.54. The number of urea groups is 1. The molecule has 0 aliphatic heterocycles. The van der Waals surface area contributed by atoms with Gasteiger partial charge in [-0.15, -0.1) is 0 Å². The fourth-order valence-electron chi connectivity index (χ4n) is 4.50. The number of para-hydroxylation sites is 1. The Balaban J connectivity index is 1.29. The third-order valence-electron chi connectivity index (χ3n) is 5.66. The third kappa shape index (κ3) is 2.50. The van der Waals surface area contributed by atoms with Crippen LogP contribution in [0.4, 0.5) is 4.79 Å². The molecular formula is C18H22N2O4. The first-order chi connectivity index (χ1) is 11.5. The fourth-order valence-corrected chi connectivity index (χ4v) is 4.50. The average molecular weight is 330 g/mol. The number of rotatable bonds is 5. The summed E-state index contributed by atoms with van der Waals surface area (Å²) in [5.74, 6) is 0.0816. The van der Waals surface area contributed by atoms with Gasteiger partial charge in [-0.25, -0.2) is 4.79 Å². The molecule has 128 valence electrons. The van der Waals surface area contributed by atoms with E-state index >= 15 is 0 Å². The number of benzene rings is 1. The van der Waals surface area contributed by atoms with Crippen LogP contribution >= 0.6 is 0 Å². The van der Waals surface area contributed by atoms with Crippen molar-refractivity contribution in [1.29, 1.82) is 0 Å². The summed E-state index contributed by atoms with van der Waals surface area (Å²) in [6.45, 7) is 0. The van der Waals surface area contributed by atoms with E-state index in [0.717, 1.165) is 25.0 Å². The van der Waals surface area contributed by atoms with Crippen LogP contribution < -0.4 is 15.4 Å². The predicted molar refractivity (Wildman–Crippen MR) is 86.8 cm³/mol. The molecule has 2 atom stereocenters. The Hall–Kier alpha value is -2.24. The van der Waals surface area contributed by atoms with Gasteiger partial charge in [0.25, 0.3) is 0 Å². The molecule has 4 fully saturated rings. The van der Waals surface area contributed by atoms with Crippen molar-refractivity contribution >= 4 is 12.0 Å². The molecule has 2 amide bonds. The van der Waals surface area contributed by atoms with E-state index in [0.29, 0.717) is 19.3 Å². The Bertz CT molecular complexity index is 640. The lowest BCUT2D eigenvalue weighted by molar-refractivity contribution is -0.196. The molecule has 1 aromatic carbocycles. The highest BCUT2D eigenvalue weighted by molar-refractivity contribution is 5.83. The lowest BCUT2D eigenvalue weighted by Gasteiger charge is -2.67. The van der Waals surface area contributed by atoms with Crippen LogP contribution in [-0.4, -0.2) is 34.8 Å². The molecule has 4 aliphatic carbocycles. The van der Waals surface area contributed by atoms with Gasteiger partial charge in [-0.05, 0) is 50.7 Å². The summed E-state index contributed by atoms with van der Waals surface area (Å²) in [7, 11) is 0. The maximum Gasteiger partial charge on any atom is 0.315 e. The summed E-state index contributed by atoms with van der Waals surface area (Å²) in [4.78, 5) is 23.4. The summed E-state index contributed by atoms with van der Waals surface area (Å²) >= 11 is 0. The van der Waals surface area contributed by atoms with Crippen LogP contribution in [0.2, 0.25) is 0 Å². The molecule has 6 heteroatoms. The first-order valence-electron chi connectivity index (χ1n) is 8.54. The van der Waals surface area contributed by atoms with Gasteiger partial charge >= 0.3 is 12.0 Å². The van der Waals surface area contributed by atoms with Crippen molar-refractivity contribution in [3.05, 3.63) is 30.3 Å². The van der Waals surface area contributed by atoms with Crippen molar-refractivity contribution in [2.24, 2.45) is 5.41 Å². The molecule has 0 radical (unpaired) electrons. The van der Waals surface area contributed by atoms with Crippen LogP contribution in [0.5, 0.6) is 5.75 Å². The number of carbonyl (C=O) groups excluding carboxylic acids is 1. The molecule has 0 saturated heterocycles. The maximum atomic E-state index is 12.3. The zero-order valence-corrected chi connectivity index (χ0v) is 13.5. The quantitative estimate of drug-likeness (QED) is 0.773. The Morgan fingerprint density at radius 2 is 1.83 bits per heavy atom. The number of aliphatic carboxylic acids is 1. The van der Waals surface area contributed by atoms with Gasteiger partial charge in [0.1, 0.15) is 11.9 Å². The molecule has 0 spiro atoms. The second kappa shape index (κ2) is 5.40. The van der Waals surface area contributed by atoms with Gasteiger partial charge in [0, 0.05) is 5.54 Å². The molecule has 2 unspecified atom stereocenters. The second-order valence-electron chi connectivity index (χ2n) is 7.50. The van der Waals surface area contributed by atoms with E-state index in [2.05, 4.69) is 10.6 Å². The van der Waals surface area contributed by atoms with Crippen LogP contribution in [0.15, 0.2) is 30.3 Å². The van der Waals surface area contributed by atoms with Gasteiger partial charge in [-0.2, -0.15) is 0 Å². The van der Waals surface area contributed by atoms with Crippen molar-refractivity contribution in [2.75, 3.05) is 0 Å². The molecule has 6 nitrogen and oxygen atoms in total. The largest absolute Gasteiger partial charge is 0.488 e. The van der Waals surface area contributed by atoms with Crippen molar-refractivity contribution in [3.8, 4) is 5.75 Å². The lowest BCUT2D eigenvalue weighted by atomic mass is 9.39. The molecule has 0 heterocycles. The molecule has 3 N–H and O–H groups in total. The zero-order chi connectivity index (χ0) is 16.8. The lowest BCUT2D eigenvalue weighted by Crippen LogP contribution is -2.77. The molecule has 4 aliphatic rings. The standard InChI is InChI=1S/C18H22N2O4/c21-15(22)17-9-18(10-17,11-17)20-16(23)19-13-7-4-8-14(13)24-12-5-2-1-3-6-12/h1-3,5-6,13-14H,4,7-11H2,(H,21,22)(H2,19,20,23). The van der Waals surface area contributed by atoms with Crippen LogP contribution in [0.25, 0.3) is 0 Å². The normalized spacial score (nSPS) is 36.2. The maximum absolute atomic E-state index is 12.3. The van der Waals surface area contributed by atoms with Gasteiger partial charge in [-0.3, -0.25) is 4.79 Å². The summed E-state index contributed by atoms with van der Waals surface area (Å²) in [6, 6.07) is 9.43. The SMILES string of the molecule is O=C(NC1CCCC1Oc1ccccc1)NC12CC(C(=O)O)(C1)C2. The van der Waals surface area contributed by atoms with Crippen LogP contribution in [0.1, 0.15) is 38.5 Å². The van der Waals surface area contributed by atoms with E-state index in [9.17, 15) is 9.59 Å². The number of carboxylic acid groups (broad SMARTS) is 1. The Morgan fingerprint density at radius 3 is 2.50 bits per heavy atom. The fraction of sp³-hybridized carbons (Fsp3) is 0.556. The number of amides is 2. The van der Waals surface area contributed by atoms with Crippen molar-refractivity contribution in [3.63, 3.8) is 0 Å². The van der Waals surface area contributed by atoms with E-state index in [1.165, 1.54) is 0 Å². The highest BCUT2D eigenvalue weighted by atomic mass is 16.5. The van der Waals surface area contributed by atoms with E-state index in [1.807, 2.05) is 30.3 Å². The molecule has 5 rings (SSSR count). The Morgan fingerprint density at radius 1 is 1.12 bits per heavy atom. The van der Waals surface area contributed by atoms with Gasteiger partial charge in [0.05, 0.1) is 11.5 Å². The highest BCUT2D eigenvalue weighted by Crippen LogP contribution is 2.67. The minimum atomic E-state index is -0.737. The summed E-state index contributed by atoms with van der Waals surface area (Å²) < 4.78 is 6.00. The number of carboxylic acids is 1. The Labute approximate surface area is 140 Å². The van der Waals surface area contributed by atoms with E-state index < -0.39 is 11.4 Å². The molecule has 2 bridgehead atoms. The zero-order valence-electron chi connectivity index (χ0n) is 13.5. The summed E-state index contributed by atoms with van der Waals surface area (Å²) in [5, 5.41) is 15.1. The summed E-state index contributed by atoms with van der Waals surface area (Å²) in [5.41, 5.74) is -0.865. The number of carbonyl (C=O) groups is 2.